The van der Waals surface area contributed by atoms with Crippen LogP contribution in [0.2, 0.25) is 0 Å². The monoisotopic (exact) mass is 261 g/mol. The summed E-state index contributed by atoms with van der Waals surface area (Å²) in [4.78, 5) is 5.46. The second-order valence-electron chi connectivity index (χ2n) is 3.55. The number of nitrogens with two attached hydrogens (primary N) is 1. The van der Waals surface area contributed by atoms with E-state index < -0.39 is 0 Å². The Morgan fingerprint density at radius 1 is 1.53 bits per heavy atom. The fourth-order valence-electron chi connectivity index (χ4n) is 1.36. The Bertz CT molecular complexity index is 569. The van der Waals surface area contributed by atoms with E-state index in [1.165, 1.54) is 0 Å². The highest BCUT2D eigenvalue weighted by molar-refractivity contribution is 8.01. The molecular weight excluding hydrogens is 250 g/mol. The molecule has 2 rings (SSSR count). The van der Waals surface area contributed by atoms with E-state index in [9.17, 15) is 0 Å². The molecule has 0 saturated heterocycles. The van der Waals surface area contributed by atoms with Crippen LogP contribution in [-0.4, -0.2) is 4.98 Å². The number of nitriles is 1. The molecule has 5 heteroatoms. The van der Waals surface area contributed by atoms with E-state index in [-0.39, 0.29) is 0 Å². The summed E-state index contributed by atoms with van der Waals surface area (Å²) in [7, 11) is 0. The van der Waals surface area contributed by atoms with Crippen LogP contribution in [0.3, 0.4) is 0 Å². The predicted octanol–water partition coefficient (Wildman–Crippen LogP) is 3.25. The molecule has 0 aliphatic rings. The maximum Gasteiger partial charge on any atom is 0.154 e. The van der Waals surface area contributed by atoms with Crippen LogP contribution in [0.1, 0.15) is 11.3 Å². The molecule has 0 radical (unpaired) electrons. The summed E-state index contributed by atoms with van der Waals surface area (Å²) in [5.74, 6) is 0. The molecule has 0 bridgehead atoms. The minimum atomic E-state index is 0.344. The van der Waals surface area contributed by atoms with Gasteiger partial charge in [0.25, 0.3) is 0 Å². The van der Waals surface area contributed by atoms with E-state index in [4.69, 9.17) is 11.0 Å². The van der Waals surface area contributed by atoms with Gasteiger partial charge >= 0.3 is 0 Å². The molecule has 0 spiro atoms. The van der Waals surface area contributed by atoms with Gasteiger partial charge in [0.05, 0.1) is 12.5 Å². The third-order valence-electron chi connectivity index (χ3n) is 2.19. The Morgan fingerprint density at radius 2 is 2.35 bits per heavy atom. The molecule has 17 heavy (non-hydrogen) atoms. The summed E-state index contributed by atoms with van der Waals surface area (Å²) in [6.45, 7) is 1.98. The zero-order valence-electron chi connectivity index (χ0n) is 9.30. The first-order valence-corrected chi connectivity index (χ1v) is 6.74. The van der Waals surface area contributed by atoms with Crippen molar-refractivity contribution in [2.75, 3.05) is 5.73 Å². The molecule has 0 amide bonds. The van der Waals surface area contributed by atoms with Gasteiger partial charge in [0.2, 0.25) is 0 Å². The van der Waals surface area contributed by atoms with Gasteiger partial charge in [-0.25, -0.2) is 4.98 Å². The predicted molar refractivity (Wildman–Crippen MR) is 71.1 cm³/mol. The van der Waals surface area contributed by atoms with Crippen LogP contribution in [0.15, 0.2) is 32.8 Å². The summed E-state index contributed by atoms with van der Waals surface area (Å²) >= 11 is 3.22. The average Bonchev–Trinajstić information content (AvgIpc) is 2.69. The van der Waals surface area contributed by atoms with Gasteiger partial charge in [-0.05, 0) is 30.7 Å². The van der Waals surface area contributed by atoms with Gasteiger partial charge in [-0.15, -0.1) is 11.3 Å². The van der Waals surface area contributed by atoms with Crippen molar-refractivity contribution in [1.82, 2.24) is 4.98 Å². The average molecular weight is 261 g/mol. The molecule has 0 unspecified atom stereocenters. The molecule has 86 valence electrons. The topological polar surface area (TPSA) is 62.7 Å². The lowest BCUT2D eigenvalue weighted by molar-refractivity contribution is 1.16. The fourth-order valence-corrected chi connectivity index (χ4v) is 3.24. The minimum absolute atomic E-state index is 0.344. The molecule has 0 fully saturated rings. The highest BCUT2D eigenvalue weighted by Gasteiger charge is 2.05. The van der Waals surface area contributed by atoms with Crippen LogP contribution in [0.4, 0.5) is 5.69 Å². The van der Waals surface area contributed by atoms with E-state index in [1.807, 2.05) is 30.5 Å². The molecule has 1 aromatic carbocycles. The van der Waals surface area contributed by atoms with Gasteiger partial charge in [-0.3, -0.25) is 0 Å². The standard InChI is InChI=1S/C12H11N3S2/c1-8-7-16-12(15-8)17-10-2-3-11(14)9(6-10)4-5-13/h2-3,6-7H,4,14H2,1H3. The Labute approximate surface area is 108 Å². The number of hydrogen-bond acceptors (Lipinski definition) is 5. The molecule has 0 atom stereocenters. The van der Waals surface area contributed by atoms with Gasteiger partial charge < -0.3 is 5.73 Å². The van der Waals surface area contributed by atoms with Gasteiger partial charge in [0.1, 0.15) is 0 Å². The largest absolute Gasteiger partial charge is 0.398 e. The van der Waals surface area contributed by atoms with Crippen molar-refractivity contribution in [1.29, 1.82) is 5.26 Å². The SMILES string of the molecule is Cc1csc(Sc2ccc(N)c(CC#N)c2)n1. The molecule has 0 aliphatic carbocycles. The highest BCUT2D eigenvalue weighted by Crippen LogP contribution is 2.31. The molecule has 0 saturated carbocycles. The van der Waals surface area contributed by atoms with E-state index in [0.29, 0.717) is 12.1 Å². The number of hydrogen-bond donors (Lipinski definition) is 1. The van der Waals surface area contributed by atoms with Gasteiger partial charge in [-0.1, -0.05) is 11.8 Å². The van der Waals surface area contributed by atoms with Crippen LogP contribution in [0.5, 0.6) is 0 Å². The smallest absolute Gasteiger partial charge is 0.154 e. The van der Waals surface area contributed by atoms with E-state index >= 15 is 0 Å². The minimum Gasteiger partial charge on any atom is -0.398 e. The number of aromatic nitrogens is 1. The molecule has 2 N–H and O–H groups in total. The van der Waals surface area contributed by atoms with Gasteiger partial charge in [-0.2, -0.15) is 5.26 Å². The number of aryl methyl sites for hydroxylation is 1. The van der Waals surface area contributed by atoms with E-state index in [1.54, 1.807) is 23.1 Å². The molecular formula is C12H11N3S2. The highest BCUT2D eigenvalue weighted by atomic mass is 32.2. The van der Waals surface area contributed by atoms with Crippen molar-refractivity contribution in [3.8, 4) is 6.07 Å². The van der Waals surface area contributed by atoms with Crippen molar-refractivity contribution < 1.29 is 0 Å². The van der Waals surface area contributed by atoms with Crippen LogP contribution in [0.25, 0.3) is 0 Å². The lowest BCUT2D eigenvalue weighted by Gasteiger charge is -2.04. The molecule has 2 aromatic rings. The Kier molecular flexibility index (Phi) is 3.67. The second kappa shape index (κ2) is 5.21. The van der Waals surface area contributed by atoms with Crippen LogP contribution in [-0.2, 0) is 6.42 Å². The lowest BCUT2D eigenvalue weighted by atomic mass is 10.1. The number of thiazole rings is 1. The number of anilines is 1. The second-order valence-corrected chi connectivity index (χ2v) is 5.73. The molecule has 3 nitrogen and oxygen atoms in total. The maximum absolute atomic E-state index is 8.71. The summed E-state index contributed by atoms with van der Waals surface area (Å²) in [5, 5.41) is 10.7. The van der Waals surface area contributed by atoms with Crippen molar-refractivity contribution in [2.45, 2.75) is 22.6 Å². The third-order valence-corrected chi connectivity index (χ3v) is 4.23. The summed E-state index contributed by atoms with van der Waals surface area (Å²) in [5.41, 5.74) is 8.38. The molecule has 1 aromatic heterocycles. The first-order chi connectivity index (χ1) is 8.19. The Morgan fingerprint density at radius 3 is 3.00 bits per heavy atom. The first-order valence-electron chi connectivity index (χ1n) is 5.04. The van der Waals surface area contributed by atoms with Crippen molar-refractivity contribution in [2.24, 2.45) is 0 Å². The number of nitrogens with zero attached hydrogens (tertiary/aromatic N) is 2. The van der Waals surface area contributed by atoms with Crippen molar-refractivity contribution in [3.05, 3.63) is 34.8 Å². The quantitative estimate of drug-likeness (QED) is 0.861. The van der Waals surface area contributed by atoms with Gasteiger partial charge in [0, 0.05) is 21.7 Å². The summed E-state index contributed by atoms with van der Waals surface area (Å²) in [6.07, 6.45) is 0.344. The van der Waals surface area contributed by atoms with E-state index in [2.05, 4.69) is 11.1 Å². The number of benzene rings is 1. The molecule has 1 heterocycles. The van der Waals surface area contributed by atoms with Crippen LogP contribution >= 0.6 is 23.1 Å². The van der Waals surface area contributed by atoms with Crippen molar-refractivity contribution >= 4 is 28.8 Å². The fraction of sp³-hybridized carbons (Fsp3) is 0.167. The summed E-state index contributed by atoms with van der Waals surface area (Å²) < 4.78 is 1.01. The number of rotatable bonds is 3. The van der Waals surface area contributed by atoms with Crippen LogP contribution < -0.4 is 5.73 Å². The van der Waals surface area contributed by atoms with E-state index in [0.717, 1.165) is 20.5 Å². The normalized spacial score (nSPS) is 10.1. The van der Waals surface area contributed by atoms with Gasteiger partial charge in [0.15, 0.2) is 4.34 Å². The Balaban J connectivity index is 2.22. The van der Waals surface area contributed by atoms with Crippen molar-refractivity contribution in [3.63, 3.8) is 0 Å². The zero-order valence-corrected chi connectivity index (χ0v) is 10.9. The lowest BCUT2D eigenvalue weighted by Crippen LogP contribution is -1.93. The molecule has 0 aliphatic heterocycles. The van der Waals surface area contributed by atoms with Crippen LogP contribution in [0, 0.1) is 18.3 Å². The zero-order chi connectivity index (χ0) is 12.3. The summed E-state index contributed by atoms with van der Waals surface area (Å²) in [6, 6.07) is 7.87. The maximum atomic E-state index is 8.71. The first kappa shape index (κ1) is 12.0. The third kappa shape index (κ3) is 2.99. The number of nitrogen functional groups attached to an aromatic ring is 1. The Hall–Kier alpha value is -1.51.